The summed E-state index contributed by atoms with van der Waals surface area (Å²) in [4.78, 5) is 0.0409. The maximum Gasteiger partial charge on any atom is 0.265 e. The van der Waals surface area contributed by atoms with Crippen LogP contribution in [0.3, 0.4) is 0 Å². The van der Waals surface area contributed by atoms with E-state index in [1.807, 2.05) is 0 Å². The molecule has 19 heavy (non-hydrogen) atoms. The summed E-state index contributed by atoms with van der Waals surface area (Å²) < 4.78 is 32.0. The Balaban J connectivity index is 2.43. The Morgan fingerprint density at radius 3 is 2.84 bits per heavy atom. The van der Waals surface area contributed by atoms with E-state index in [0.717, 1.165) is 0 Å². The van der Waals surface area contributed by atoms with E-state index < -0.39 is 10.0 Å². The van der Waals surface area contributed by atoms with Gasteiger partial charge in [-0.25, -0.2) is 8.42 Å². The average molecular weight is 282 g/mol. The number of nitrogens with zero attached hydrogens (tertiary/aromatic N) is 1. The Labute approximate surface area is 110 Å². The highest BCUT2D eigenvalue weighted by Crippen LogP contribution is 2.26. The van der Waals surface area contributed by atoms with Crippen molar-refractivity contribution in [2.75, 3.05) is 11.8 Å². The summed E-state index contributed by atoms with van der Waals surface area (Å²) in [6.07, 6.45) is 2.81. The molecule has 0 spiro atoms. The summed E-state index contributed by atoms with van der Waals surface area (Å²) in [5.41, 5.74) is 6.57. The number of H-pyrrole nitrogens is 1. The first-order chi connectivity index (χ1) is 9.06. The van der Waals surface area contributed by atoms with E-state index in [1.54, 1.807) is 12.1 Å². The van der Waals surface area contributed by atoms with E-state index in [0.29, 0.717) is 11.3 Å². The van der Waals surface area contributed by atoms with Gasteiger partial charge in [-0.1, -0.05) is 6.07 Å². The Morgan fingerprint density at radius 1 is 1.47 bits per heavy atom. The molecule has 7 nitrogen and oxygen atoms in total. The van der Waals surface area contributed by atoms with Crippen molar-refractivity contribution in [1.29, 1.82) is 0 Å². The second kappa shape index (κ2) is 5.29. The topological polar surface area (TPSA) is 110 Å². The van der Waals surface area contributed by atoms with E-state index in [1.165, 1.54) is 25.6 Å². The second-order valence-corrected chi connectivity index (χ2v) is 5.43. The quantitative estimate of drug-likeness (QED) is 0.747. The fourth-order valence-electron chi connectivity index (χ4n) is 1.57. The van der Waals surface area contributed by atoms with Gasteiger partial charge in [-0.2, -0.15) is 5.10 Å². The van der Waals surface area contributed by atoms with E-state index in [-0.39, 0.29) is 17.2 Å². The van der Waals surface area contributed by atoms with Crippen LogP contribution in [0.5, 0.6) is 5.75 Å². The molecule has 0 aliphatic carbocycles. The lowest BCUT2D eigenvalue weighted by atomic mass is 10.2. The third-order valence-corrected chi connectivity index (χ3v) is 3.91. The maximum atomic E-state index is 12.3. The summed E-state index contributed by atoms with van der Waals surface area (Å²) in [7, 11) is -2.34. The molecule has 1 heterocycles. The number of hydrogen-bond acceptors (Lipinski definition) is 5. The van der Waals surface area contributed by atoms with Crippen molar-refractivity contribution in [1.82, 2.24) is 10.2 Å². The first-order valence-electron chi connectivity index (χ1n) is 5.45. The average Bonchev–Trinajstić information content (AvgIpc) is 2.90. The van der Waals surface area contributed by atoms with Gasteiger partial charge in [0, 0.05) is 12.7 Å². The molecule has 0 saturated carbocycles. The van der Waals surface area contributed by atoms with Crippen LogP contribution in [-0.2, 0) is 16.6 Å². The predicted molar refractivity (Wildman–Crippen MR) is 70.3 cm³/mol. The molecule has 0 aliphatic heterocycles. The maximum absolute atomic E-state index is 12.3. The highest BCUT2D eigenvalue weighted by molar-refractivity contribution is 7.92. The molecule has 8 heteroatoms. The van der Waals surface area contributed by atoms with Crippen LogP contribution in [0, 0.1) is 0 Å². The molecule has 0 saturated heterocycles. The number of nitrogens with two attached hydrogens (primary N) is 1. The van der Waals surface area contributed by atoms with Crippen LogP contribution >= 0.6 is 0 Å². The number of sulfonamides is 1. The third-order valence-electron chi connectivity index (χ3n) is 2.50. The Hall–Kier alpha value is -2.06. The fourth-order valence-corrected chi connectivity index (χ4v) is 2.83. The summed E-state index contributed by atoms with van der Waals surface area (Å²) in [6, 6.07) is 4.78. The van der Waals surface area contributed by atoms with Crippen molar-refractivity contribution in [3.8, 4) is 5.75 Å². The van der Waals surface area contributed by atoms with Gasteiger partial charge in [0.2, 0.25) is 0 Å². The smallest absolute Gasteiger partial charge is 0.265 e. The number of ether oxygens (including phenoxy) is 1. The second-order valence-electron chi connectivity index (χ2n) is 3.78. The molecule has 102 valence electrons. The molecular weight excluding hydrogens is 268 g/mol. The van der Waals surface area contributed by atoms with Gasteiger partial charge < -0.3 is 10.5 Å². The highest BCUT2D eigenvalue weighted by Gasteiger charge is 2.20. The molecule has 4 N–H and O–H groups in total. The first kappa shape index (κ1) is 13.4. The lowest BCUT2D eigenvalue weighted by Crippen LogP contribution is -2.14. The predicted octanol–water partition coefficient (Wildman–Crippen LogP) is 0.678. The van der Waals surface area contributed by atoms with Crippen LogP contribution in [0.1, 0.15) is 5.56 Å². The monoisotopic (exact) mass is 282 g/mol. The van der Waals surface area contributed by atoms with Gasteiger partial charge in [0.1, 0.15) is 10.6 Å². The Kier molecular flexibility index (Phi) is 3.72. The van der Waals surface area contributed by atoms with Crippen LogP contribution in [0.4, 0.5) is 5.69 Å². The highest BCUT2D eigenvalue weighted by atomic mass is 32.2. The summed E-state index contributed by atoms with van der Waals surface area (Å²) in [5.74, 6) is 0.258. The molecule has 0 atom stereocenters. The number of hydrogen-bond donors (Lipinski definition) is 3. The molecule has 0 fully saturated rings. The Morgan fingerprint density at radius 2 is 2.26 bits per heavy atom. The molecule has 1 aromatic heterocycles. The van der Waals surface area contributed by atoms with Gasteiger partial charge in [-0.15, -0.1) is 0 Å². The molecule has 0 aliphatic rings. The molecule has 1 aromatic carbocycles. The molecule has 0 bridgehead atoms. The lowest BCUT2D eigenvalue weighted by molar-refractivity contribution is 0.402. The SMILES string of the molecule is COc1ccc(CN)cc1S(=O)(=O)Nc1cn[nH]c1. The number of aromatic amines is 1. The first-order valence-corrected chi connectivity index (χ1v) is 6.93. The lowest BCUT2D eigenvalue weighted by Gasteiger charge is -2.11. The minimum absolute atomic E-state index is 0.0409. The number of rotatable bonds is 5. The van der Waals surface area contributed by atoms with E-state index >= 15 is 0 Å². The molecule has 0 amide bonds. The van der Waals surface area contributed by atoms with E-state index in [2.05, 4.69) is 14.9 Å². The minimum Gasteiger partial charge on any atom is -0.495 e. The molecule has 2 rings (SSSR count). The van der Waals surface area contributed by atoms with Crippen LogP contribution in [0.25, 0.3) is 0 Å². The zero-order valence-electron chi connectivity index (χ0n) is 10.3. The summed E-state index contributed by atoms with van der Waals surface area (Å²) >= 11 is 0. The number of methoxy groups -OCH3 is 1. The van der Waals surface area contributed by atoms with Crippen LogP contribution in [0.15, 0.2) is 35.5 Å². The van der Waals surface area contributed by atoms with Crippen LogP contribution in [0.2, 0.25) is 0 Å². The van der Waals surface area contributed by atoms with Crippen molar-refractivity contribution >= 4 is 15.7 Å². The number of benzene rings is 1. The van der Waals surface area contributed by atoms with Crippen LogP contribution in [-0.4, -0.2) is 25.7 Å². The van der Waals surface area contributed by atoms with Gasteiger partial charge in [0.05, 0.1) is 19.0 Å². The standard InChI is InChI=1S/C11H14N4O3S/c1-18-10-3-2-8(5-12)4-11(10)19(16,17)15-9-6-13-14-7-9/h2-4,6-7,15H,5,12H2,1H3,(H,13,14). The third kappa shape index (κ3) is 2.85. The van der Waals surface area contributed by atoms with Crippen molar-refractivity contribution < 1.29 is 13.2 Å². The van der Waals surface area contributed by atoms with E-state index in [4.69, 9.17) is 10.5 Å². The molecular formula is C11H14N4O3S. The summed E-state index contributed by atoms with van der Waals surface area (Å²) in [5, 5.41) is 6.20. The zero-order valence-corrected chi connectivity index (χ0v) is 11.1. The minimum atomic E-state index is -3.75. The van der Waals surface area contributed by atoms with Gasteiger partial charge in [-0.05, 0) is 17.7 Å². The molecule has 2 aromatic rings. The van der Waals surface area contributed by atoms with E-state index in [9.17, 15) is 8.42 Å². The van der Waals surface area contributed by atoms with Gasteiger partial charge in [-0.3, -0.25) is 9.82 Å². The fraction of sp³-hybridized carbons (Fsp3) is 0.182. The summed E-state index contributed by atoms with van der Waals surface area (Å²) in [6.45, 7) is 0.248. The van der Waals surface area contributed by atoms with Gasteiger partial charge in [0.25, 0.3) is 10.0 Å². The van der Waals surface area contributed by atoms with Crippen molar-refractivity contribution in [3.63, 3.8) is 0 Å². The van der Waals surface area contributed by atoms with Crippen molar-refractivity contribution in [2.24, 2.45) is 5.73 Å². The van der Waals surface area contributed by atoms with Gasteiger partial charge >= 0.3 is 0 Å². The zero-order chi connectivity index (χ0) is 13.9. The number of aromatic nitrogens is 2. The van der Waals surface area contributed by atoms with Gasteiger partial charge in [0.15, 0.2) is 0 Å². The number of anilines is 1. The van der Waals surface area contributed by atoms with Crippen molar-refractivity contribution in [3.05, 3.63) is 36.2 Å². The molecule has 0 unspecified atom stereocenters. The number of nitrogens with one attached hydrogen (secondary N) is 2. The molecule has 0 radical (unpaired) electrons. The normalized spacial score (nSPS) is 11.3. The largest absolute Gasteiger partial charge is 0.495 e. The van der Waals surface area contributed by atoms with Crippen LogP contribution < -0.4 is 15.2 Å². The van der Waals surface area contributed by atoms with Crippen molar-refractivity contribution in [2.45, 2.75) is 11.4 Å². The Bertz CT molecular complexity index is 653.